The summed E-state index contributed by atoms with van der Waals surface area (Å²) in [6.07, 6.45) is 10.3. The fraction of sp³-hybridized carbons (Fsp3) is 0.200. The number of hydrogen-bond acceptors (Lipinski definition) is 6. The van der Waals surface area contributed by atoms with Gasteiger partial charge >= 0.3 is 0 Å². The molecule has 7 nitrogen and oxygen atoms in total. The first-order valence-electron chi connectivity index (χ1n) is 10.3. The summed E-state index contributed by atoms with van der Waals surface area (Å²) in [5.41, 5.74) is 7.79. The highest BCUT2D eigenvalue weighted by atomic mass is 16.2. The molecule has 2 N–H and O–H groups in total. The molecule has 5 rings (SSSR count). The number of carbonyl (C=O) groups excluding carboxylic acids is 2. The van der Waals surface area contributed by atoms with Gasteiger partial charge in [0.2, 0.25) is 5.91 Å². The number of nitrogens with two attached hydrogens (primary N) is 1. The summed E-state index contributed by atoms with van der Waals surface area (Å²) in [5, 5.41) is 10.3. The molecule has 1 amide bonds. The molecule has 1 atom stereocenters. The Kier molecular flexibility index (Phi) is 4.35. The van der Waals surface area contributed by atoms with Crippen LogP contribution in [0.5, 0.6) is 0 Å². The average Bonchev–Trinajstić information content (AvgIpc) is 3.04. The van der Waals surface area contributed by atoms with E-state index in [1.54, 1.807) is 47.6 Å². The van der Waals surface area contributed by atoms with E-state index in [9.17, 15) is 14.9 Å². The number of carbonyl (C=O) groups is 2. The molecule has 3 aliphatic rings. The van der Waals surface area contributed by atoms with Crippen LogP contribution in [0.1, 0.15) is 24.8 Å². The highest BCUT2D eigenvalue weighted by Crippen LogP contribution is 2.56. The molecule has 1 aliphatic carbocycles. The quantitative estimate of drug-likeness (QED) is 0.748. The largest absolute Gasteiger partial charge is 0.384 e. The van der Waals surface area contributed by atoms with Crippen LogP contribution in [0.15, 0.2) is 71.5 Å². The van der Waals surface area contributed by atoms with Crippen LogP contribution in [0.3, 0.4) is 0 Å². The van der Waals surface area contributed by atoms with Crippen LogP contribution >= 0.6 is 0 Å². The van der Waals surface area contributed by atoms with E-state index in [0.717, 1.165) is 0 Å². The van der Waals surface area contributed by atoms with Gasteiger partial charge in [-0.05, 0) is 31.0 Å². The second kappa shape index (κ2) is 7.11. The molecule has 3 heterocycles. The van der Waals surface area contributed by atoms with Gasteiger partial charge in [0.25, 0.3) is 0 Å². The molecule has 1 aromatic carbocycles. The lowest BCUT2D eigenvalue weighted by atomic mass is 9.64. The van der Waals surface area contributed by atoms with Crippen LogP contribution in [0, 0.1) is 23.7 Å². The lowest BCUT2D eigenvalue weighted by Crippen LogP contribution is -2.52. The molecular weight excluding hydrogens is 402 g/mol. The zero-order valence-electron chi connectivity index (χ0n) is 17.2. The number of terminal acetylenes is 1. The summed E-state index contributed by atoms with van der Waals surface area (Å²) in [6, 6.07) is 12.9. The number of benzene rings is 1. The fourth-order valence-corrected chi connectivity index (χ4v) is 5.16. The number of pyridine rings is 1. The van der Waals surface area contributed by atoms with Crippen molar-refractivity contribution in [2.75, 3.05) is 16.3 Å². The Bertz CT molecular complexity index is 1310. The zero-order valence-corrected chi connectivity index (χ0v) is 17.2. The number of fused-ring (bicyclic) bond motifs is 3. The van der Waals surface area contributed by atoms with Gasteiger partial charge in [0.05, 0.1) is 24.0 Å². The normalized spacial score (nSPS) is 22.1. The number of amides is 1. The number of nitriles is 1. The molecule has 0 unspecified atom stereocenters. The molecule has 2 aliphatic heterocycles. The molecule has 0 radical (unpaired) electrons. The summed E-state index contributed by atoms with van der Waals surface area (Å²) in [7, 11) is 0. The highest BCUT2D eigenvalue weighted by molar-refractivity contribution is 6.20. The van der Waals surface area contributed by atoms with E-state index in [2.05, 4.69) is 17.0 Å². The molecule has 0 saturated heterocycles. The van der Waals surface area contributed by atoms with Crippen molar-refractivity contribution in [2.24, 2.45) is 5.73 Å². The number of hydrogen-bond donors (Lipinski definition) is 1. The van der Waals surface area contributed by atoms with Crippen molar-refractivity contribution in [1.29, 1.82) is 5.26 Å². The maximum atomic E-state index is 14.1. The van der Waals surface area contributed by atoms with Crippen LogP contribution in [0.25, 0.3) is 0 Å². The van der Waals surface area contributed by atoms with Crippen LogP contribution in [-0.4, -0.2) is 23.2 Å². The first kappa shape index (κ1) is 19.6. The standard InChI is InChI=1S/C25H19N5O2/c1-2-13-29-19-9-4-3-8-17(19)25(24(29)32)18(14-26)23(27)30(16-7-6-12-28-15-16)20-10-5-11-21(31)22(20)25/h1,3-4,6-9,12,15H,5,10-11,13,27H2/t25-/m0/s1. The van der Waals surface area contributed by atoms with E-state index in [4.69, 9.17) is 12.2 Å². The molecule has 1 aromatic heterocycles. The third-order valence-electron chi connectivity index (χ3n) is 6.33. The van der Waals surface area contributed by atoms with E-state index in [1.807, 2.05) is 6.07 Å². The molecule has 0 fully saturated rings. The third kappa shape index (κ3) is 2.34. The monoisotopic (exact) mass is 421 g/mol. The van der Waals surface area contributed by atoms with E-state index >= 15 is 0 Å². The topological polar surface area (TPSA) is 103 Å². The van der Waals surface area contributed by atoms with Gasteiger partial charge in [0, 0.05) is 35.1 Å². The summed E-state index contributed by atoms with van der Waals surface area (Å²) < 4.78 is 0. The van der Waals surface area contributed by atoms with Crippen LogP contribution in [0.2, 0.25) is 0 Å². The van der Waals surface area contributed by atoms with Crippen molar-refractivity contribution >= 4 is 23.1 Å². The Morgan fingerprint density at radius 2 is 2.00 bits per heavy atom. The van der Waals surface area contributed by atoms with Gasteiger partial charge in [-0.15, -0.1) is 6.42 Å². The molecule has 0 bridgehead atoms. The maximum absolute atomic E-state index is 14.1. The Morgan fingerprint density at radius 3 is 2.72 bits per heavy atom. The van der Waals surface area contributed by atoms with Gasteiger partial charge < -0.3 is 5.73 Å². The van der Waals surface area contributed by atoms with Crippen molar-refractivity contribution in [3.8, 4) is 18.4 Å². The lowest BCUT2D eigenvalue weighted by molar-refractivity contribution is -0.124. The predicted molar refractivity (Wildman–Crippen MR) is 119 cm³/mol. The van der Waals surface area contributed by atoms with Gasteiger partial charge in [0.15, 0.2) is 5.78 Å². The predicted octanol–water partition coefficient (Wildman–Crippen LogP) is 2.52. The highest BCUT2D eigenvalue weighted by Gasteiger charge is 2.62. The molecule has 1 spiro atoms. The first-order valence-corrected chi connectivity index (χ1v) is 10.3. The van der Waals surface area contributed by atoms with Crippen LogP contribution in [0.4, 0.5) is 11.4 Å². The van der Waals surface area contributed by atoms with Gasteiger partial charge in [0.1, 0.15) is 17.3 Å². The van der Waals surface area contributed by atoms with Crippen molar-refractivity contribution in [3.63, 3.8) is 0 Å². The third-order valence-corrected chi connectivity index (χ3v) is 6.33. The van der Waals surface area contributed by atoms with E-state index < -0.39 is 11.3 Å². The van der Waals surface area contributed by atoms with E-state index in [-0.39, 0.29) is 23.7 Å². The van der Waals surface area contributed by atoms with E-state index in [1.165, 1.54) is 4.90 Å². The number of para-hydroxylation sites is 1. The summed E-state index contributed by atoms with van der Waals surface area (Å²) in [5.74, 6) is 2.07. The minimum absolute atomic E-state index is 0.0271. The molecule has 0 saturated carbocycles. The second-order valence-electron chi connectivity index (χ2n) is 7.88. The Labute approximate surface area is 185 Å². The Balaban J connectivity index is 1.90. The maximum Gasteiger partial charge on any atom is 0.248 e. The number of allylic oxidation sites excluding steroid dienone is 1. The summed E-state index contributed by atoms with van der Waals surface area (Å²) in [6.45, 7) is 0.0271. The first-order chi connectivity index (χ1) is 15.6. The van der Waals surface area contributed by atoms with Crippen molar-refractivity contribution in [2.45, 2.75) is 24.7 Å². The fourth-order valence-electron chi connectivity index (χ4n) is 5.16. The summed E-state index contributed by atoms with van der Waals surface area (Å²) >= 11 is 0. The molecule has 32 heavy (non-hydrogen) atoms. The molecule has 2 aromatic rings. The number of Topliss-reactive ketones (excluding diaryl/α,β-unsaturated/α-hetero) is 1. The smallest absolute Gasteiger partial charge is 0.248 e. The Hall–Kier alpha value is -4.36. The van der Waals surface area contributed by atoms with Crippen LogP contribution < -0.4 is 15.5 Å². The molecule has 7 heteroatoms. The minimum Gasteiger partial charge on any atom is -0.384 e. The number of nitrogens with zero attached hydrogens (tertiary/aromatic N) is 4. The van der Waals surface area contributed by atoms with Crippen molar-refractivity contribution in [1.82, 2.24) is 4.98 Å². The molecule has 156 valence electrons. The Morgan fingerprint density at radius 1 is 1.19 bits per heavy atom. The lowest BCUT2D eigenvalue weighted by Gasteiger charge is -2.43. The average molecular weight is 421 g/mol. The van der Waals surface area contributed by atoms with Gasteiger partial charge in [-0.3, -0.25) is 24.4 Å². The number of anilines is 2. The molecular formula is C25H19N5O2. The minimum atomic E-state index is -1.60. The van der Waals surface area contributed by atoms with Gasteiger partial charge in [-0.2, -0.15) is 5.26 Å². The van der Waals surface area contributed by atoms with Gasteiger partial charge in [-0.1, -0.05) is 24.1 Å². The van der Waals surface area contributed by atoms with E-state index in [0.29, 0.717) is 47.5 Å². The second-order valence-corrected chi connectivity index (χ2v) is 7.88. The number of rotatable bonds is 2. The van der Waals surface area contributed by atoms with Crippen molar-refractivity contribution < 1.29 is 9.59 Å². The zero-order chi connectivity index (χ0) is 22.5. The summed E-state index contributed by atoms with van der Waals surface area (Å²) in [4.78, 5) is 34.9. The van der Waals surface area contributed by atoms with Gasteiger partial charge in [-0.25, -0.2) is 0 Å². The number of ketones is 1. The SMILES string of the molecule is C#CCN1C(=O)[C@]2(C(C#N)=C(N)N(c3cccnc3)C3=C2C(=O)CCC3)c2ccccc21. The van der Waals surface area contributed by atoms with Crippen LogP contribution in [-0.2, 0) is 15.0 Å². The number of aromatic nitrogens is 1. The van der Waals surface area contributed by atoms with Crippen molar-refractivity contribution in [3.05, 3.63) is 77.0 Å².